The second-order valence-electron chi connectivity index (χ2n) is 7.42. The van der Waals surface area contributed by atoms with Crippen molar-refractivity contribution >= 4 is 38.9 Å². The predicted octanol–water partition coefficient (Wildman–Crippen LogP) is 4.41. The van der Waals surface area contributed by atoms with E-state index in [9.17, 15) is 8.42 Å². The zero-order chi connectivity index (χ0) is 24.0. The third kappa shape index (κ3) is 6.70. The van der Waals surface area contributed by atoms with Gasteiger partial charge in [-0.15, -0.1) is 0 Å². The van der Waals surface area contributed by atoms with Crippen molar-refractivity contribution in [3.05, 3.63) is 70.1 Å². The molecule has 2 aromatic carbocycles. The number of hydrogen-bond acceptors (Lipinski definition) is 7. The molecule has 1 heterocycles. The molecule has 0 aliphatic rings. The van der Waals surface area contributed by atoms with Gasteiger partial charge in [0.15, 0.2) is 0 Å². The van der Waals surface area contributed by atoms with Gasteiger partial charge in [0, 0.05) is 11.6 Å². The predicted molar refractivity (Wildman–Crippen MR) is 129 cm³/mol. The molecular weight excluding hydrogens is 487 g/mol. The second-order valence-corrected chi connectivity index (χ2v) is 9.88. The molecule has 33 heavy (non-hydrogen) atoms. The number of aromatic nitrogens is 2. The SMILES string of the molecule is Cc1c(Cl)cccc1S(=O)(=O)Nc1cncnc1OCc1ccc(Cl)c(OCCN(C)C)c1. The van der Waals surface area contributed by atoms with Gasteiger partial charge in [0.2, 0.25) is 5.88 Å². The second kappa shape index (κ2) is 11.0. The Kier molecular flexibility index (Phi) is 8.36. The molecule has 0 aliphatic heterocycles. The van der Waals surface area contributed by atoms with Gasteiger partial charge >= 0.3 is 0 Å². The summed E-state index contributed by atoms with van der Waals surface area (Å²) in [4.78, 5) is 10.0. The molecule has 3 rings (SSSR count). The molecule has 1 N–H and O–H groups in total. The van der Waals surface area contributed by atoms with Gasteiger partial charge in [-0.1, -0.05) is 35.3 Å². The molecule has 3 aromatic rings. The van der Waals surface area contributed by atoms with Gasteiger partial charge in [0.05, 0.1) is 16.1 Å². The van der Waals surface area contributed by atoms with Crippen molar-refractivity contribution in [2.45, 2.75) is 18.4 Å². The zero-order valence-electron chi connectivity index (χ0n) is 18.4. The lowest BCUT2D eigenvalue weighted by Gasteiger charge is -2.15. The molecule has 0 aliphatic carbocycles. The van der Waals surface area contributed by atoms with Crippen LogP contribution in [0.15, 0.2) is 53.8 Å². The number of sulfonamides is 1. The molecule has 11 heteroatoms. The number of halogens is 2. The molecule has 0 saturated carbocycles. The van der Waals surface area contributed by atoms with Crippen molar-refractivity contribution in [3.63, 3.8) is 0 Å². The summed E-state index contributed by atoms with van der Waals surface area (Å²) < 4.78 is 39.8. The van der Waals surface area contributed by atoms with E-state index in [4.69, 9.17) is 32.7 Å². The number of likely N-dealkylation sites (N-methyl/N-ethyl adjacent to an activating group) is 1. The van der Waals surface area contributed by atoms with Gasteiger partial charge in [0.1, 0.15) is 31.0 Å². The number of ether oxygens (including phenoxy) is 2. The number of benzene rings is 2. The van der Waals surface area contributed by atoms with Crippen molar-refractivity contribution in [3.8, 4) is 11.6 Å². The highest BCUT2D eigenvalue weighted by atomic mass is 35.5. The van der Waals surface area contributed by atoms with Crippen molar-refractivity contribution in [1.82, 2.24) is 14.9 Å². The maximum atomic E-state index is 12.9. The minimum absolute atomic E-state index is 0.0574. The lowest BCUT2D eigenvalue weighted by atomic mass is 10.2. The van der Waals surface area contributed by atoms with Crippen LogP contribution in [0.3, 0.4) is 0 Å². The maximum Gasteiger partial charge on any atom is 0.262 e. The third-order valence-corrected chi connectivity index (χ3v) is 6.83. The average Bonchev–Trinajstić information content (AvgIpc) is 2.76. The molecule has 0 radical (unpaired) electrons. The molecule has 0 saturated heterocycles. The van der Waals surface area contributed by atoms with Gasteiger partial charge in [0.25, 0.3) is 10.0 Å². The fraction of sp³-hybridized carbons (Fsp3) is 0.273. The van der Waals surface area contributed by atoms with Crippen LogP contribution >= 0.6 is 23.2 Å². The largest absolute Gasteiger partial charge is 0.491 e. The summed E-state index contributed by atoms with van der Waals surface area (Å²) in [5.41, 5.74) is 1.32. The molecule has 0 spiro atoms. The Balaban J connectivity index is 1.75. The van der Waals surface area contributed by atoms with Crippen LogP contribution in [0.4, 0.5) is 5.69 Å². The molecule has 0 bridgehead atoms. The quantitative estimate of drug-likeness (QED) is 0.431. The number of rotatable bonds is 10. The first-order chi connectivity index (χ1) is 15.7. The first-order valence-electron chi connectivity index (χ1n) is 9.94. The summed E-state index contributed by atoms with van der Waals surface area (Å²) >= 11 is 12.3. The summed E-state index contributed by atoms with van der Waals surface area (Å²) in [5.74, 6) is 0.623. The summed E-state index contributed by atoms with van der Waals surface area (Å²) in [6.07, 6.45) is 2.60. The monoisotopic (exact) mass is 510 g/mol. The highest BCUT2D eigenvalue weighted by Crippen LogP contribution is 2.29. The molecule has 1 aromatic heterocycles. The molecule has 0 atom stereocenters. The van der Waals surface area contributed by atoms with E-state index in [0.717, 1.165) is 12.1 Å². The van der Waals surface area contributed by atoms with Crippen LogP contribution in [-0.4, -0.2) is 50.5 Å². The van der Waals surface area contributed by atoms with Crippen molar-refractivity contribution < 1.29 is 17.9 Å². The molecular formula is C22H24Cl2N4O4S. The lowest BCUT2D eigenvalue weighted by Crippen LogP contribution is -2.19. The number of nitrogens with zero attached hydrogens (tertiary/aromatic N) is 3. The van der Waals surface area contributed by atoms with Crippen molar-refractivity contribution in [2.75, 3.05) is 32.0 Å². The normalized spacial score (nSPS) is 11.5. The number of hydrogen-bond donors (Lipinski definition) is 1. The van der Waals surface area contributed by atoms with E-state index < -0.39 is 10.0 Å². The van der Waals surface area contributed by atoms with Crippen LogP contribution in [0, 0.1) is 6.92 Å². The Morgan fingerprint density at radius 1 is 1.09 bits per heavy atom. The molecule has 0 fully saturated rings. The van der Waals surface area contributed by atoms with Gasteiger partial charge in [-0.05, 0) is 56.4 Å². The smallest absolute Gasteiger partial charge is 0.262 e. The fourth-order valence-electron chi connectivity index (χ4n) is 2.82. The van der Waals surface area contributed by atoms with Crippen LogP contribution in [0.5, 0.6) is 11.6 Å². The molecule has 176 valence electrons. The van der Waals surface area contributed by atoms with Crippen LogP contribution in [0.25, 0.3) is 0 Å². The minimum atomic E-state index is -3.94. The van der Waals surface area contributed by atoms with Crippen LogP contribution in [-0.2, 0) is 16.6 Å². The molecule has 0 unspecified atom stereocenters. The Bertz CT molecular complexity index is 1220. The summed E-state index contributed by atoms with van der Waals surface area (Å²) in [6.45, 7) is 2.98. The van der Waals surface area contributed by atoms with Gasteiger partial charge in [-0.25, -0.2) is 13.4 Å². The highest BCUT2D eigenvalue weighted by molar-refractivity contribution is 7.92. The van der Waals surface area contributed by atoms with E-state index in [2.05, 4.69) is 14.7 Å². The zero-order valence-corrected chi connectivity index (χ0v) is 20.7. The van der Waals surface area contributed by atoms with E-state index in [1.54, 1.807) is 37.3 Å². The van der Waals surface area contributed by atoms with Crippen molar-refractivity contribution in [1.29, 1.82) is 0 Å². The number of anilines is 1. The summed E-state index contributed by atoms with van der Waals surface area (Å²) in [5, 5.41) is 0.842. The summed E-state index contributed by atoms with van der Waals surface area (Å²) in [7, 11) is -0.0279. The Labute approximate surface area is 203 Å². The van der Waals surface area contributed by atoms with Crippen LogP contribution in [0.1, 0.15) is 11.1 Å². The van der Waals surface area contributed by atoms with Crippen LogP contribution in [0.2, 0.25) is 10.0 Å². The van der Waals surface area contributed by atoms with E-state index >= 15 is 0 Å². The van der Waals surface area contributed by atoms with E-state index in [1.807, 2.05) is 19.0 Å². The third-order valence-electron chi connectivity index (χ3n) is 4.59. The maximum absolute atomic E-state index is 12.9. The number of nitrogens with one attached hydrogen (secondary N) is 1. The highest BCUT2D eigenvalue weighted by Gasteiger charge is 2.21. The average molecular weight is 511 g/mol. The molecule has 0 amide bonds. The minimum Gasteiger partial charge on any atom is -0.491 e. The van der Waals surface area contributed by atoms with Crippen LogP contribution < -0.4 is 14.2 Å². The van der Waals surface area contributed by atoms with Gasteiger partial charge < -0.3 is 14.4 Å². The van der Waals surface area contributed by atoms with Gasteiger partial charge in [-0.2, -0.15) is 4.98 Å². The van der Waals surface area contributed by atoms with Crippen molar-refractivity contribution in [2.24, 2.45) is 0 Å². The Morgan fingerprint density at radius 3 is 2.64 bits per heavy atom. The Hall–Kier alpha value is -2.59. The van der Waals surface area contributed by atoms with E-state index in [-0.39, 0.29) is 23.1 Å². The summed E-state index contributed by atoms with van der Waals surface area (Å²) in [6, 6.07) is 9.96. The lowest BCUT2D eigenvalue weighted by molar-refractivity contribution is 0.259. The first kappa shape index (κ1) is 25.0. The first-order valence-corrected chi connectivity index (χ1v) is 12.2. The fourth-order valence-corrected chi connectivity index (χ4v) is 4.53. The standard InChI is InChI=1S/C22H24Cl2N4O4S/c1-15-17(23)5-4-6-21(15)33(29,30)27-19-12-25-14-26-22(19)32-13-16-7-8-18(24)20(11-16)31-10-9-28(2)3/h4-8,11-12,14,27H,9-10,13H2,1-3H3. The van der Waals surface area contributed by atoms with E-state index in [1.165, 1.54) is 18.6 Å². The van der Waals surface area contributed by atoms with Gasteiger partial charge in [-0.3, -0.25) is 4.72 Å². The molecule has 8 nitrogen and oxygen atoms in total. The Morgan fingerprint density at radius 2 is 1.88 bits per heavy atom. The topological polar surface area (TPSA) is 93.7 Å². The van der Waals surface area contributed by atoms with E-state index in [0.29, 0.717) is 28.0 Å².